The summed E-state index contributed by atoms with van der Waals surface area (Å²) >= 11 is 1.70. The van der Waals surface area contributed by atoms with Crippen molar-refractivity contribution in [1.29, 1.82) is 0 Å². The third-order valence-electron chi connectivity index (χ3n) is 3.29. The summed E-state index contributed by atoms with van der Waals surface area (Å²) in [6.45, 7) is 6.70. The topological polar surface area (TPSA) is 15.3 Å². The fourth-order valence-corrected chi connectivity index (χ4v) is 3.10. The van der Waals surface area contributed by atoms with Crippen LogP contribution in [0.1, 0.15) is 24.3 Å². The van der Waals surface area contributed by atoms with E-state index in [9.17, 15) is 4.39 Å². The van der Waals surface area contributed by atoms with Crippen molar-refractivity contribution in [1.82, 2.24) is 5.32 Å². The second-order valence-electron chi connectivity index (χ2n) is 5.71. The van der Waals surface area contributed by atoms with Crippen LogP contribution in [0.3, 0.4) is 0 Å². The molecule has 0 spiro atoms. The van der Waals surface area contributed by atoms with Crippen molar-refractivity contribution in [2.75, 3.05) is 18.5 Å². The van der Waals surface area contributed by atoms with E-state index in [0.29, 0.717) is 18.2 Å². The average molecular weight is 306 g/mol. The number of nitrogens with zero attached hydrogens (tertiary/aromatic N) is 1. The molecule has 0 saturated carbocycles. The van der Waals surface area contributed by atoms with Gasteiger partial charge in [-0.3, -0.25) is 0 Å². The van der Waals surface area contributed by atoms with Crippen LogP contribution in [0.4, 0.5) is 10.1 Å². The molecule has 0 unspecified atom stereocenters. The Bertz CT molecular complexity index is 552. The molecule has 0 amide bonds. The molecule has 0 fully saturated rings. The van der Waals surface area contributed by atoms with Gasteiger partial charge < -0.3 is 10.2 Å². The number of hydrogen-bond acceptors (Lipinski definition) is 3. The quantitative estimate of drug-likeness (QED) is 0.822. The molecule has 0 radical (unpaired) electrons. The first kappa shape index (κ1) is 16.0. The van der Waals surface area contributed by atoms with Crippen molar-refractivity contribution in [3.8, 4) is 0 Å². The van der Waals surface area contributed by atoms with E-state index in [1.807, 2.05) is 24.1 Å². The number of rotatable bonds is 7. The number of anilines is 1. The summed E-state index contributed by atoms with van der Waals surface area (Å²) in [7, 11) is 1.95. The van der Waals surface area contributed by atoms with Crippen molar-refractivity contribution in [2.45, 2.75) is 26.9 Å². The summed E-state index contributed by atoms with van der Waals surface area (Å²) in [6, 6.07) is 9.42. The maximum atomic E-state index is 14.2. The van der Waals surface area contributed by atoms with Gasteiger partial charge in [0.05, 0.1) is 12.2 Å². The predicted octanol–water partition coefficient (Wildman–Crippen LogP) is 4.27. The number of hydrogen-bond donors (Lipinski definition) is 1. The van der Waals surface area contributed by atoms with E-state index in [-0.39, 0.29) is 5.82 Å². The average Bonchev–Trinajstić information content (AvgIpc) is 2.91. The number of thiophene rings is 1. The number of halogens is 1. The first-order valence-corrected chi connectivity index (χ1v) is 8.17. The van der Waals surface area contributed by atoms with Crippen molar-refractivity contribution < 1.29 is 4.39 Å². The van der Waals surface area contributed by atoms with Crippen molar-refractivity contribution in [3.63, 3.8) is 0 Å². The molecule has 0 atom stereocenters. The van der Waals surface area contributed by atoms with Gasteiger partial charge >= 0.3 is 0 Å². The smallest absolute Gasteiger partial charge is 0.146 e. The third-order valence-corrected chi connectivity index (χ3v) is 4.15. The second-order valence-corrected chi connectivity index (χ2v) is 6.74. The highest BCUT2D eigenvalue weighted by Gasteiger charge is 2.13. The van der Waals surface area contributed by atoms with Gasteiger partial charge in [-0.05, 0) is 35.5 Å². The summed E-state index contributed by atoms with van der Waals surface area (Å²) in [5, 5.41) is 5.44. The Balaban J connectivity index is 2.12. The highest BCUT2D eigenvalue weighted by molar-refractivity contribution is 7.09. The standard InChI is InChI=1S/C17H23FN2S/c1-13(2)10-19-11-14-6-4-8-16(18)17(14)20(3)12-15-7-5-9-21-15/h4-9,13,19H,10-12H2,1-3H3. The Labute approximate surface area is 130 Å². The van der Waals surface area contributed by atoms with Gasteiger partial charge in [-0.15, -0.1) is 11.3 Å². The van der Waals surface area contributed by atoms with Crippen LogP contribution in [0.25, 0.3) is 0 Å². The lowest BCUT2D eigenvalue weighted by Gasteiger charge is -2.23. The zero-order valence-electron chi connectivity index (χ0n) is 12.9. The monoisotopic (exact) mass is 306 g/mol. The molecule has 0 aliphatic heterocycles. The van der Waals surface area contributed by atoms with Crippen LogP contribution in [0.5, 0.6) is 0 Å². The summed E-state index contributed by atoms with van der Waals surface area (Å²) in [5.41, 5.74) is 1.71. The fraction of sp³-hybridized carbons (Fsp3) is 0.412. The lowest BCUT2D eigenvalue weighted by atomic mass is 10.1. The van der Waals surface area contributed by atoms with E-state index in [0.717, 1.165) is 18.7 Å². The minimum atomic E-state index is -0.155. The molecule has 1 heterocycles. The van der Waals surface area contributed by atoms with Crippen LogP contribution in [0, 0.1) is 11.7 Å². The first-order valence-electron chi connectivity index (χ1n) is 7.29. The Hall–Kier alpha value is -1.39. The van der Waals surface area contributed by atoms with Crippen LogP contribution < -0.4 is 10.2 Å². The number of nitrogens with one attached hydrogen (secondary N) is 1. The van der Waals surface area contributed by atoms with Gasteiger partial charge in [0.2, 0.25) is 0 Å². The molecule has 0 saturated heterocycles. The molecule has 1 aromatic heterocycles. The highest BCUT2D eigenvalue weighted by atomic mass is 32.1. The molecule has 2 rings (SSSR count). The van der Waals surface area contributed by atoms with Crippen molar-refractivity contribution in [2.24, 2.45) is 5.92 Å². The van der Waals surface area contributed by atoms with E-state index in [1.54, 1.807) is 17.4 Å². The van der Waals surface area contributed by atoms with E-state index >= 15 is 0 Å². The molecular weight excluding hydrogens is 283 g/mol. The molecular formula is C17H23FN2S. The Morgan fingerprint density at radius 3 is 2.71 bits per heavy atom. The largest absolute Gasteiger partial charge is 0.367 e. The van der Waals surface area contributed by atoms with Gasteiger partial charge in [-0.25, -0.2) is 4.39 Å². The molecule has 2 nitrogen and oxygen atoms in total. The van der Waals surface area contributed by atoms with Crippen LogP contribution >= 0.6 is 11.3 Å². The lowest BCUT2D eigenvalue weighted by molar-refractivity contribution is 0.549. The minimum absolute atomic E-state index is 0.155. The maximum Gasteiger partial charge on any atom is 0.146 e. The van der Waals surface area contributed by atoms with Crippen LogP contribution in [0.2, 0.25) is 0 Å². The van der Waals surface area contributed by atoms with E-state index in [2.05, 4.69) is 30.6 Å². The molecule has 21 heavy (non-hydrogen) atoms. The molecule has 1 aromatic carbocycles. The van der Waals surface area contributed by atoms with Crippen LogP contribution in [0.15, 0.2) is 35.7 Å². The molecule has 114 valence electrons. The lowest BCUT2D eigenvalue weighted by Crippen LogP contribution is -2.23. The summed E-state index contributed by atoms with van der Waals surface area (Å²) in [5.74, 6) is 0.434. The SMILES string of the molecule is CC(C)CNCc1cccc(F)c1N(C)Cc1cccs1. The molecule has 2 aromatic rings. The zero-order valence-corrected chi connectivity index (χ0v) is 13.7. The predicted molar refractivity (Wildman–Crippen MR) is 89.4 cm³/mol. The summed E-state index contributed by atoms with van der Waals surface area (Å²) in [4.78, 5) is 3.23. The Kier molecular flexibility index (Phi) is 5.76. The molecule has 0 aliphatic rings. The van der Waals surface area contributed by atoms with E-state index in [4.69, 9.17) is 0 Å². The van der Waals surface area contributed by atoms with Crippen molar-refractivity contribution >= 4 is 17.0 Å². The van der Waals surface area contributed by atoms with E-state index < -0.39 is 0 Å². The number of para-hydroxylation sites is 1. The Morgan fingerprint density at radius 1 is 1.24 bits per heavy atom. The second kappa shape index (κ2) is 7.57. The molecule has 0 bridgehead atoms. The van der Waals surface area contributed by atoms with Crippen LogP contribution in [-0.4, -0.2) is 13.6 Å². The van der Waals surface area contributed by atoms with E-state index in [1.165, 1.54) is 10.9 Å². The van der Waals surface area contributed by atoms with Crippen molar-refractivity contribution in [3.05, 3.63) is 52.0 Å². The zero-order chi connectivity index (χ0) is 15.2. The summed E-state index contributed by atoms with van der Waals surface area (Å²) < 4.78 is 14.2. The highest BCUT2D eigenvalue weighted by Crippen LogP contribution is 2.26. The first-order chi connectivity index (χ1) is 10.1. The maximum absolute atomic E-state index is 14.2. The molecule has 1 N–H and O–H groups in total. The Morgan fingerprint density at radius 2 is 2.05 bits per heavy atom. The van der Waals surface area contributed by atoms with Gasteiger partial charge in [0.25, 0.3) is 0 Å². The van der Waals surface area contributed by atoms with Gasteiger partial charge in [-0.1, -0.05) is 32.0 Å². The van der Waals surface area contributed by atoms with Crippen LogP contribution in [-0.2, 0) is 13.1 Å². The fourth-order valence-electron chi connectivity index (χ4n) is 2.34. The molecule has 0 aliphatic carbocycles. The third kappa shape index (κ3) is 4.55. The van der Waals surface area contributed by atoms with Gasteiger partial charge in [0.1, 0.15) is 5.82 Å². The minimum Gasteiger partial charge on any atom is -0.367 e. The normalized spacial score (nSPS) is 11.1. The molecule has 4 heteroatoms. The van der Waals surface area contributed by atoms with Gasteiger partial charge in [-0.2, -0.15) is 0 Å². The number of benzene rings is 1. The van der Waals surface area contributed by atoms with Gasteiger partial charge in [0, 0.05) is 18.5 Å². The summed E-state index contributed by atoms with van der Waals surface area (Å²) in [6.07, 6.45) is 0. The van der Waals surface area contributed by atoms with Gasteiger partial charge in [0.15, 0.2) is 0 Å².